The summed E-state index contributed by atoms with van der Waals surface area (Å²) >= 11 is 0. The number of rotatable bonds is 6. The van der Waals surface area contributed by atoms with Gasteiger partial charge in [-0.25, -0.2) is 0 Å². The van der Waals surface area contributed by atoms with Gasteiger partial charge in [0.15, 0.2) is 0 Å². The molecule has 2 fully saturated rings. The Morgan fingerprint density at radius 3 is 2.13 bits per heavy atom. The van der Waals surface area contributed by atoms with E-state index in [0.717, 1.165) is 71.1 Å². The fourth-order valence-electron chi connectivity index (χ4n) is 4.30. The normalized spacial score (nSPS) is 19.2. The van der Waals surface area contributed by atoms with Gasteiger partial charge in [0.2, 0.25) is 5.91 Å². The monoisotopic (exact) mass is 407 g/mol. The lowest BCUT2D eigenvalue weighted by Gasteiger charge is -2.38. The summed E-state index contributed by atoms with van der Waals surface area (Å²) in [4.78, 5) is 26.5. The van der Waals surface area contributed by atoms with Crippen LogP contribution in [0.5, 0.6) is 0 Å². The van der Waals surface area contributed by atoms with Crippen LogP contribution in [-0.2, 0) is 17.9 Å². The molecule has 2 saturated heterocycles. The molecule has 2 aliphatic heterocycles. The van der Waals surface area contributed by atoms with E-state index in [9.17, 15) is 4.79 Å². The van der Waals surface area contributed by atoms with Crippen molar-refractivity contribution in [1.29, 1.82) is 0 Å². The summed E-state index contributed by atoms with van der Waals surface area (Å²) in [5, 5.41) is 0. The minimum Gasteiger partial charge on any atom is -0.339 e. The van der Waals surface area contributed by atoms with E-state index in [-0.39, 0.29) is 5.91 Å². The van der Waals surface area contributed by atoms with Crippen LogP contribution in [-0.4, -0.2) is 89.4 Å². The van der Waals surface area contributed by atoms with Gasteiger partial charge in [-0.3, -0.25) is 24.5 Å². The van der Waals surface area contributed by atoms with Crippen molar-refractivity contribution in [2.45, 2.75) is 20.0 Å². The molecular formula is C24H33N5O. The molecule has 160 valence electrons. The van der Waals surface area contributed by atoms with Gasteiger partial charge in [0, 0.05) is 71.6 Å². The molecule has 0 bridgehead atoms. The van der Waals surface area contributed by atoms with Gasteiger partial charge in [0.05, 0.1) is 12.2 Å². The number of carbonyl (C=O) groups excluding carboxylic acids is 1. The van der Waals surface area contributed by atoms with Crippen molar-refractivity contribution in [1.82, 2.24) is 24.6 Å². The Bertz CT molecular complexity index is 811. The Kier molecular flexibility index (Phi) is 7.10. The van der Waals surface area contributed by atoms with Crippen LogP contribution in [0.2, 0.25) is 0 Å². The maximum Gasteiger partial charge on any atom is 0.236 e. The number of amides is 1. The molecule has 2 aromatic rings. The minimum absolute atomic E-state index is 0.281. The maximum absolute atomic E-state index is 12.8. The van der Waals surface area contributed by atoms with Gasteiger partial charge < -0.3 is 4.90 Å². The summed E-state index contributed by atoms with van der Waals surface area (Å²) in [6.07, 6.45) is 1.85. The summed E-state index contributed by atoms with van der Waals surface area (Å²) in [5.74, 6) is 0.281. The van der Waals surface area contributed by atoms with Gasteiger partial charge in [-0.1, -0.05) is 30.3 Å². The zero-order chi connectivity index (χ0) is 20.8. The van der Waals surface area contributed by atoms with Crippen molar-refractivity contribution in [2.75, 3.05) is 58.9 Å². The predicted octanol–water partition coefficient (Wildman–Crippen LogP) is 1.85. The molecular weight excluding hydrogens is 374 g/mol. The number of carbonyl (C=O) groups is 1. The third kappa shape index (κ3) is 5.65. The summed E-state index contributed by atoms with van der Waals surface area (Å²) in [6.45, 7) is 12.1. The quantitative estimate of drug-likeness (QED) is 0.731. The van der Waals surface area contributed by atoms with Crippen molar-refractivity contribution >= 4 is 5.91 Å². The molecule has 3 heterocycles. The summed E-state index contributed by atoms with van der Waals surface area (Å²) in [7, 11) is 0. The number of hydrogen-bond donors (Lipinski definition) is 0. The van der Waals surface area contributed by atoms with Crippen LogP contribution in [0.1, 0.15) is 16.8 Å². The van der Waals surface area contributed by atoms with E-state index in [2.05, 4.69) is 61.8 Å². The summed E-state index contributed by atoms with van der Waals surface area (Å²) in [5.41, 5.74) is 3.85. The Morgan fingerprint density at radius 2 is 1.43 bits per heavy atom. The van der Waals surface area contributed by atoms with Gasteiger partial charge in [0.1, 0.15) is 0 Å². The van der Waals surface area contributed by atoms with Crippen LogP contribution in [0.25, 0.3) is 0 Å². The number of benzene rings is 1. The molecule has 1 aromatic heterocycles. The number of aromatic nitrogens is 1. The second-order valence-electron chi connectivity index (χ2n) is 8.46. The van der Waals surface area contributed by atoms with E-state index in [1.165, 1.54) is 11.1 Å². The zero-order valence-corrected chi connectivity index (χ0v) is 18.0. The van der Waals surface area contributed by atoms with Gasteiger partial charge >= 0.3 is 0 Å². The first-order valence-corrected chi connectivity index (χ1v) is 11.1. The average molecular weight is 408 g/mol. The molecule has 0 radical (unpaired) electrons. The number of piperazine rings is 2. The third-order valence-corrected chi connectivity index (χ3v) is 6.32. The van der Waals surface area contributed by atoms with Crippen LogP contribution < -0.4 is 0 Å². The van der Waals surface area contributed by atoms with Gasteiger partial charge in [-0.15, -0.1) is 0 Å². The number of pyridine rings is 1. The van der Waals surface area contributed by atoms with Crippen LogP contribution >= 0.6 is 0 Å². The van der Waals surface area contributed by atoms with Crippen molar-refractivity contribution in [3.8, 4) is 0 Å². The van der Waals surface area contributed by atoms with Gasteiger partial charge in [0.25, 0.3) is 0 Å². The van der Waals surface area contributed by atoms with Gasteiger partial charge in [-0.2, -0.15) is 0 Å². The second-order valence-corrected chi connectivity index (χ2v) is 8.46. The van der Waals surface area contributed by atoms with E-state index in [1.807, 2.05) is 18.3 Å². The highest BCUT2D eigenvalue weighted by Gasteiger charge is 2.25. The fourth-order valence-corrected chi connectivity index (χ4v) is 4.30. The molecule has 0 atom stereocenters. The first-order valence-electron chi connectivity index (χ1n) is 11.1. The van der Waals surface area contributed by atoms with Crippen molar-refractivity contribution in [3.63, 3.8) is 0 Å². The molecule has 2 aliphatic rings. The topological polar surface area (TPSA) is 42.9 Å². The van der Waals surface area contributed by atoms with E-state index >= 15 is 0 Å². The summed E-state index contributed by atoms with van der Waals surface area (Å²) in [6, 6.07) is 14.7. The standard InChI is InChI=1S/C24H33N5O/c1-21-6-2-3-7-22(21)18-26-14-16-29(17-15-26)24(30)20-28-12-10-27(11-13-28)19-23-8-4-5-9-25-23/h2-9H,10-20H2,1H3. The first kappa shape index (κ1) is 21.0. The maximum atomic E-state index is 12.8. The molecule has 6 heteroatoms. The molecule has 1 aromatic carbocycles. The number of hydrogen-bond acceptors (Lipinski definition) is 5. The van der Waals surface area contributed by atoms with E-state index in [1.54, 1.807) is 0 Å². The summed E-state index contributed by atoms with van der Waals surface area (Å²) < 4.78 is 0. The molecule has 0 unspecified atom stereocenters. The molecule has 6 nitrogen and oxygen atoms in total. The van der Waals surface area contributed by atoms with Crippen molar-refractivity contribution in [2.24, 2.45) is 0 Å². The van der Waals surface area contributed by atoms with E-state index in [4.69, 9.17) is 0 Å². The highest BCUT2D eigenvalue weighted by Crippen LogP contribution is 2.13. The second kappa shape index (κ2) is 10.2. The van der Waals surface area contributed by atoms with Crippen LogP contribution in [0.15, 0.2) is 48.7 Å². The Labute approximate surface area is 180 Å². The largest absolute Gasteiger partial charge is 0.339 e. The molecule has 0 N–H and O–H groups in total. The Morgan fingerprint density at radius 1 is 0.800 bits per heavy atom. The molecule has 1 amide bonds. The third-order valence-electron chi connectivity index (χ3n) is 6.32. The van der Waals surface area contributed by atoms with Crippen LogP contribution in [0, 0.1) is 6.92 Å². The number of nitrogens with zero attached hydrogens (tertiary/aromatic N) is 5. The lowest BCUT2D eigenvalue weighted by Crippen LogP contribution is -2.53. The zero-order valence-electron chi connectivity index (χ0n) is 18.0. The molecule has 0 spiro atoms. The van der Waals surface area contributed by atoms with E-state index < -0.39 is 0 Å². The molecule has 30 heavy (non-hydrogen) atoms. The molecule has 0 aliphatic carbocycles. The minimum atomic E-state index is 0.281. The molecule has 4 rings (SSSR count). The van der Waals surface area contributed by atoms with Gasteiger partial charge in [-0.05, 0) is 30.2 Å². The van der Waals surface area contributed by atoms with Crippen LogP contribution in [0.4, 0.5) is 0 Å². The highest BCUT2D eigenvalue weighted by atomic mass is 16.2. The van der Waals surface area contributed by atoms with Crippen LogP contribution in [0.3, 0.4) is 0 Å². The molecule has 0 saturated carbocycles. The Balaban J connectivity index is 1.17. The van der Waals surface area contributed by atoms with E-state index in [0.29, 0.717) is 6.54 Å². The fraction of sp³-hybridized carbons (Fsp3) is 0.500. The first-order chi connectivity index (χ1) is 14.7. The lowest BCUT2D eigenvalue weighted by molar-refractivity contribution is -0.134. The smallest absolute Gasteiger partial charge is 0.236 e. The van der Waals surface area contributed by atoms with Crippen molar-refractivity contribution < 1.29 is 4.79 Å². The SMILES string of the molecule is Cc1ccccc1CN1CCN(C(=O)CN2CCN(Cc3ccccn3)CC2)CC1. The Hall–Kier alpha value is -2.28. The van der Waals surface area contributed by atoms with Crippen molar-refractivity contribution in [3.05, 3.63) is 65.5 Å². The highest BCUT2D eigenvalue weighted by molar-refractivity contribution is 5.78. The average Bonchev–Trinajstić information content (AvgIpc) is 2.78. The predicted molar refractivity (Wildman–Crippen MR) is 119 cm³/mol. The number of aryl methyl sites for hydroxylation is 1. The lowest BCUT2D eigenvalue weighted by atomic mass is 10.1.